The minimum atomic E-state index is -2.39. The van der Waals surface area contributed by atoms with Crippen molar-refractivity contribution in [2.24, 2.45) is 0 Å². The van der Waals surface area contributed by atoms with E-state index in [1.54, 1.807) is 0 Å². The SMILES string of the molecule is CC(=O)NC1C(O)CC(OCCCCC(=O)NCc2cc3ccccc3c3ccccc23)(C(=O)O)OC1[C@H](O)[C@H](O)CO. The second kappa shape index (κ2) is 14.2. The summed E-state index contributed by atoms with van der Waals surface area (Å²) in [4.78, 5) is 36.5. The smallest absolute Gasteiger partial charge is 0.364 e. The van der Waals surface area contributed by atoms with E-state index in [0.29, 0.717) is 13.0 Å². The molecule has 3 aromatic rings. The highest BCUT2D eigenvalue weighted by Gasteiger charge is 2.55. The maximum atomic E-state index is 12.6. The van der Waals surface area contributed by atoms with Gasteiger partial charge in [-0.2, -0.15) is 0 Å². The molecule has 12 nitrogen and oxygen atoms in total. The second-order valence-electron chi connectivity index (χ2n) is 10.8. The minimum absolute atomic E-state index is 0.155. The first-order valence-electron chi connectivity index (χ1n) is 14.2. The van der Waals surface area contributed by atoms with Gasteiger partial charge in [-0.25, -0.2) is 4.79 Å². The summed E-state index contributed by atoms with van der Waals surface area (Å²) in [5.41, 5.74) is 0.989. The molecule has 6 atom stereocenters. The van der Waals surface area contributed by atoms with Crippen LogP contribution in [0.25, 0.3) is 21.5 Å². The van der Waals surface area contributed by atoms with Crippen molar-refractivity contribution in [3.8, 4) is 0 Å². The summed E-state index contributed by atoms with van der Waals surface area (Å²) in [7, 11) is 0. The number of aliphatic carboxylic acids is 1. The molecular weight excluding hydrogens is 560 g/mol. The molecule has 0 aromatic heterocycles. The monoisotopic (exact) mass is 598 g/mol. The predicted octanol–water partition coefficient (Wildman–Crippen LogP) is 0.946. The summed E-state index contributed by atoms with van der Waals surface area (Å²) in [5.74, 6) is -4.74. The first-order chi connectivity index (χ1) is 20.6. The van der Waals surface area contributed by atoms with Gasteiger partial charge in [-0.15, -0.1) is 0 Å². The lowest BCUT2D eigenvalue weighted by Gasteiger charge is -2.46. The van der Waals surface area contributed by atoms with E-state index in [0.717, 1.165) is 34.0 Å². The number of amides is 2. The van der Waals surface area contributed by atoms with Crippen LogP contribution in [0, 0.1) is 0 Å². The quantitative estimate of drug-likeness (QED) is 0.110. The molecule has 0 spiro atoms. The third-order valence-electron chi connectivity index (χ3n) is 7.65. The molecule has 1 saturated heterocycles. The van der Waals surface area contributed by atoms with Gasteiger partial charge < -0.3 is 45.6 Å². The van der Waals surface area contributed by atoms with Crippen molar-refractivity contribution < 1.29 is 49.4 Å². The molecule has 43 heavy (non-hydrogen) atoms. The van der Waals surface area contributed by atoms with Crippen LogP contribution in [0.15, 0.2) is 54.6 Å². The fourth-order valence-corrected chi connectivity index (χ4v) is 5.46. The Hall–Kier alpha value is -3.65. The van der Waals surface area contributed by atoms with E-state index in [2.05, 4.69) is 28.8 Å². The number of hydrogen-bond donors (Lipinski definition) is 7. The molecule has 1 aliphatic heterocycles. The summed E-state index contributed by atoms with van der Waals surface area (Å²) in [6, 6.07) is 16.9. The summed E-state index contributed by atoms with van der Waals surface area (Å²) in [5, 5.41) is 60.0. The molecule has 7 N–H and O–H groups in total. The summed E-state index contributed by atoms with van der Waals surface area (Å²) >= 11 is 0. The largest absolute Gasteiger partial charge is 0.477 e. The van der Waals surface area contributed by atoms with Crippen LogP contribution in [0.2, 0.25) is 0 Å². The number of rotatable bonds is 13. The molecule has 4 rings (SSSR count). The normalized spacial score (nSPS) is 23.5. The third-order valence-corrected chi connectivity index (χ3v) is 7.65. The lowest BCUT2D eigenvalue weighted by atomic mass is 9.88. The van der Waals surface area contributed by atoms with Crippen LogP contribution in [0.5, 0.6) is 0 Å². The Kier molecular flexibility index (Phi) is 10.7. The van der Waals surface area contributed by atoms with Crippen molar-refractivity contribution in [2.75, 3.05) is 13.2 Å². The number of carbonyl (C=O) groups excluding carboxylic acids is 2. The van der Waals surface area contributed by atoms with E-state index >= 15 is 0 Å². The minimum Gasteiger partial charge on any atom is -0.477 e. The molecule has 232 valence electrons. The average molecular weight is 599 g/mol. The van der Waals surface area contributed by atoms with Gasteiger partial charge in [-0.1, -0.05) is 48.5 Å². The van der Waals surface area contributed by atoms with Crippen molar-refractivity contribution in [3.05, 3.63) is 60.2 Å². The lowest BCUT2D eigenvalue weighted by molar-refractivity contribution is -0.311. The van der Waals surface area contributed by atoms with Gasteiger partial charge in [-0.05, 0) is 46.0 Å². The van der Waals surface area contributed by atoms with Crippen molar-refractivity contribution in [2.45, 2.75) is 75.4 Å². The molecule has 0 saturated carbocycles. The van der Waals surface area contributed by atoms with Gasteiger partial charge in [0, 0.05) is 26.3 Å². The predicted molar refractivity (Wildman–Crippen MR) is 156 cm³/mol. The Balaban J connectivity index is 1.33. The molecule has 12 heteroatoms. The van der Waals surface area contributed by atoms with E-state index in [4.69, 9.17) is 9.47 Å². The zero-order valence-corrected chi connectivity index (χ0v) is 23.8. The Morgan fingerprint density at radius 3 is 2.40 bits per heavy atom. The molecular formula is C31H38N2O10. The molecule has 3 aromatic carbocycles. The number of unbranched alkanes of at least 4 members (excludes halogenated alkanes) is 1. The number of carboxylic acid groups (broad SMARTS) is 1. The number of aliphatic hydroxyl groups excluding tert-OH is 4. The first-order valence-corrected chi connectivity index (χ1v) is 14.2. The Bertz CT molecular complexity index is 1450. The number of nitrogens with one attached hydrogen (secondary N) is 2. The lowest BCUT2D eigenvalue weighted by Crippen LogP contribution is -2.67. The van der Waals surface area contributed by atoms with Gasteiger partial charge in [0.1, 0.15) is 18.3 Å². The maximum absolute atomic E-state index is 12.6. The van der Waals surface area contributed by atoms with Gasteiger partial charge >= 0.3 is 5.97 Å². The molecule has 1 heterocycles. The number of ether oxygens (including phenoxy) is 2. The zero-order chi connectivity index (χ0) is 31.1. The highest BCUT2D eigenvalue weighted by molar-refractivity contribution is 6.09. The highest BCUT2D eigenvalue weighted by atomic mass is 16.7. The summed E-state index contributed by atoms with van der Waals surface area (Å²) < 4.78 is 11.2. The van der Waals surface area contributed by atoms with Crippen molar-refractivity contribution in [3.63, 3.8) is 0 Å². The number of aliphatic hydroxyl groups is 4. The summed E-state index contributed by atoms with van der Waals surface area (Å²) in [6.07, 6.45) is -6.47. The third kappa shape index (κ3) is 7.47. The molecule has 2 amide bonds. The zero-order valence-electron chi connectivity index (χ0n) is 23.8. The van der Waals surface area contributed by atoms with Gasteiger partial charge in [0.05, 0.1) is 25.4 Å². The molecule has 0 bridgehead atoms. The van der Waals surface area contributed by atoms with Crippen molar-refractivity contribution in [1.82, 2.24) is 10.6 Å². The molecule has 0 aliphatic carbocycles. The maximum Gasteiger partial charge on any atom is 0.364 e. The fourth-order valence-electron chi connectivity index (χ4n) is 5.46. The molecule has 1 aliphatic rings. The van der Waals surface area contributed by atoms with Crippen LogP contribution < -0.4 is 10.6 Å². The van der Waals surface area contributed by atoms with Crippen LogP contribution in [0.4, 0.5) is 0 Å². The number of hydrogen-bond acceptors (Lipinski definition) is 9. The number of benzene rings is 3. The topological polar surface area (TPSA) is 195 Å². The molecule has 1 fully saturated rings. The van der Waals surface area contributed by atoms with E-state index in [-0.39, 0.29) is 25.4 Å². The van der Waals surface area contributed by atoms with E-state index in [9.17, 15) is 39.9 Å². The Morgan fingerprint density at radius 2 is 1.72 bits per heavy atom. The fraction of sp³-hybridized carbons (Fsp3) is 0.452. The molecule has 4 unspecified atom stereocenters. The number of carbonyl (C=O) groups is 3. The summed E-state index contributed by atoms with van der Waals surface area (Å²) in [6.45, 7) is 0.476. The van der Waals surface area contributed by atoms with Gasteiger partial charge in [-0.3, -0.25) is 9.59 Å². The van der Waals surface area contributed by atoms with E-state index < -0.39 is 61.1 Å². The van der Waals surface area contributed by atoms with Gasteiger partial charge in [0.25, 0.3) is 5.79 Å². The first kappa shape index (κ1) is 32.3. The number of fused-ring (bicyclic) bond motifs is 3. The van der Waals surface area contributed by atoms with Crippen LogP contribution in [0.3, 0.4) is 0 Å². The van der Waals surface area contributed by atoms with Gasteiger partial charge in [0.15, 0.2) is 0 Å². The standard InChI is InChI=1S/C31H38N2O10/c1-18(35)33-27-24(36)15-31(30(40)41,43-29(27)28(39)25(37)17-34)42-13-7-6-12-26(38)32-16-20-14-19-8-2-3-9-21(19)23-11-5-4-10-22(20)23/h2-5,8-11,14,24-25,27-29,34,36-37,39H,6-7,12-13,15-17H2,1H3,(H,32,38)(H,33,35)(H,40,41)/t24?,25-,27?,28-,29?,31?/m1/s1. The van der Waals surface area contributed by atoms with Crippen molar-refractivity contribution in [1.29, 1.82) is 0 Å². The van der Waals surface area contributed by atoms with Crippen LogP contribution in [-0.4, -0.2) is 92.8 Å². The van der Waals surface area contributed by atoms with Crippen molar-refractivity contribution >= 4 is 39.3 Å². The van der Waals surface area contributed by atoms with Crippen LogP contribution >= 0.6 is 0 Å². The highest BCUT2D eigenvalue weighted by Crippen LogP contribution is 2.34. The Labute approximate surface area is 248 Å². The second-order valence-corrected chi connectivity index (χ2v) is 10.8. The van der Waals surface area contributed by atoms with E-state index in [1.807, 2.05) is 36.4 Å². The van der Waals surface area contributed by atoms with Gasteiger partial charge in [0.2, 0.25) is 11.8 Å². The Morgan fingerprint density at radius 1 is 1.05 bits per heavy atom. The van der Waals surface area contributed by atoms with Crippen LogP contribution in [0.1, 0.15) is 38.2 Å². The molecule has 0 radical (unpaired) electrons. The van der Waals surface area contributed by atoms with Crippen LogP contribution in [-0.2, 0) is 30.4 Å². The average Bonchev–Trinajstić information content (AvgIpc) is 2.99. The number of carboxylic acids is 1. The van der Waals surface area contributed by atoms with E-state index in [1.165, 1.54) is 0 Å².